The lowest BCUT2D eigenvalue weighted by Crippen LogP contribution is -2.19. The third kappa shape index (κ3) is 6.47. The highest BCUT2D eigenvalue weighted by atomic mass is 32.2. The lowest BCUT2D eigenvalue weighted by molar-refractivity contribution is 0.630. The summed E-state index contributed by atoms with van der Waals surface area (Å²) in [6, 6.07) is 8.80. The Balaban J connectivity index is 0.000000166. The van der Waals surface area contributed by atoms with E-state index in [4.69, 9.17) is 11.5 Å². The fraction of sp³-hybridized carbons (Fsp3) is 0.429. The van der Waals surface area contributed by atoms with E-state index in [1.807, 2.05) is 49.1 Å². The van der Waals surface area contributed by atoms with Crippen LogP contribution in [0.1, 0.15) is 31.4 Å². The summed E-state index contributed by atoms with van der Waals surface area (Å²) in [4.78, 5) is 16.9. The van der Waals surface area contributed by atoms with Gasteiger partial charge in [0.25, 0.3) is 0 Å². The molecule has 4 atom stereocenters. The van der Waals surface area contributed by atoms with Gasteiger partial charge in [-0.25, -0.2) is 0 Å². The molecular formula is C21H28N6S2. The first kappa shape index (κ1) is 21.6. The number of hydrogen-bond donors (Lipinski definition) is 2. The van der Waals surface area contributed by atoms with Gasteiger partial charge in [-0.15, -0.1) is 0 Å². The van der Waals surface area contributed by atoms with Crippen LogP contribution < -0.4 is 11.5 Å². The molecule has 2 aliphatic heterocycles. The van der Waals surface area contributed by atoms with E-state index < -0.39 is 0 Å². The average molecular weight is 429 g/mol. The lowest BCUT2D eigenvalue weighted by Gasteiger charge is -2.14. The summed E-state index contributed by atoms with van der Waals surface area (Å²) in [6.07, 6.45) is 10.3. The molecule has 8 heteroatoms. The van der Waals surface area contributed by atoms with Crippen LogP contribution in [0.2, 0.25) is 0 Å². The quantitative estimate of drug-likeness (QED) is 0.758. The molecule has 0 spiro atoms. The van der Waals surface area contributed by atoms with Crippen LogP contribution in [-0.4, -0.2) is 42.9 Å². The zero-order valence-corrected chi connectivity index (χ0v) is 18.4. The van der Waals surface area contributed by atoms with E-state index in [1.54, 1.807) is 23.5 Å². The number of pyridine rings is 2. The van der Waals surface area contributed by atoms with Crippen LogP contribution in [0, 0.1) is 0 Å². The van der Waals surface area contributed by atoms with Crippen LogP contribution in [0.5, 0.6) is 0 Å². The first-order chi connectivity index (χ1) is 14.0. The number of rotatable bonds is 5. The molecule has 0 aromatic carbocycles. The highest BCUT2D eigenvalue weighted by molar-refractivity contribution is 8.14. The summed E-state index contributed by atoms with van der Waals surface area (Å²) in [6.45, 7) is 4.35. The standard InChI is InChI=1S/C11H15N3S.C10H13N3S/c1-2-10-9(14-11(12)15-10)7-8-3-5-13-6-4-8;1-7-9(13-10(11)14-7)6-8-2-4-12-5-3-8/h3-6,9-10H,2,7H2,1H3,(H2,12,14);2-5,7,9H,6H2,1H3,(H2,11,13). The number of nitrogens with zero attached hydrogens (tertiary/aromatic N) is 4. The van der Waals surface area contributed by atoms with Gasteiger partial charge in [-0.1, -0.05) is 37.4 Å². The molecule has 4 unspecified atom stereocenters. The molecule has 0 saturated carbocycles. The molecule has 2 aromatic heterocycles. The second-order valence-electron chi connectivity index (χ2n) is 7.08. The predicted octanol–water partition coefficient (Wildman–Crippen LogP) is 3.28. The van der Waals surface area contributed by atoms with Gasteiger partial charge in [-0.05, 0) is 54.7 Å². The molecule has 6 nitrogen and oxygen atoms in total. The Morgan fingerprint density at radius 1 is 0.793 bits per heavy atom. The van der Waals surface area contributed by atoms with Crippen LogP contribution in [0.4, 0.5) is 0 Å². The number of aliphatic imine (C=N–C) groups is 2. The molecule has 4 N–H and O–H groups in total. The molecule has 0 saturated heterocycles. The minimum absolute atomic E-state index is 0.322. The van der Waals surface area contributed by atoms with Gasteiger partial charge < -0.3 is 11.5 Å². The van der Waals surface area contributed by atoms with Crippen LogP contribution in [-0.2, 0) is 12.8 Å². The summed E-state index contributed by atoms with van der Waals surface area (Å²) < 4.78 is 0. The molecule has 2 aromatic rings. The van der Waals surface area contributed by atoms with E-state index in [0.29, 0.717) is 22.6 Å². The maximum atomic E-state index is 5.75. The van der Waals surface area contributed by atoms with Crippen LogP contribution in [0.25, 0.3) is 0 Å². The SMILES string of the molecule is CC1SC(N)=NC1Cc1ccncc1.CCC1SC(N)=NC1Cc1ccncc1. The van der Waals surface area contributed by atoms with E-state index in [-0.39, 0.29) is 0 Å². The maximum Gasteiger partial charge on any atom is 0.154 e. The highest BCUT2D eigenvalue weighted by Crippen LogP contribution is 2.29. The highest BCUT2D eigenvalue weighted by Gasteiger charge is 2.27. The molecule has 2 aliphatic rings. The third-order valence-corrected chi connectivity index (χ3v) is 7.26. The predicted molar refractivity (Wildman–Crippen MR) is 125 cm³/mol. The van der Waals surface area contributed by atoms with Gasteiger partial charge >= 0.3 is 0 Å². The number of aromatic nitrogens is 2. The van der Waals surface area contributed by atoms with Gasteiger partial charge in [-0.2, -0.15) is 0 Å². The molecule has 0 fully saturated rings. The zero-order valence-electron chi connectivity index (χ0n) is 16.8. The molecule has 4 heterocycles. The normalized spacial score (nSPS) is 25.7. The Labute approximate surface area is 181 Å². The number of nitrogens with two attached hydrogens (primary N) is 2. The minimum Gasteiger partial charge on any atom is -0.379 e. The van der Waals surface area contributed by atoms with E-state index in [9.17, 15) is 0 Å². The molecule has 4 rings (SSSR count). The molecule has 154 valence electrons. The van der Waals surface area contributed by atoms with Gasteiger partial charge in [0.05, 0.1) is 12.1 Å². The fourth-order valence-corrected chi connectivity index (χ4v) is 5.22. The Bertz CT molecular complexity index is 828. The molecule has 0 bridgehead atoms. The van der Waals surface area contributed by atoms with Crippen LogP contribution in [0.15, 0.2) is 59.0 Å². The van der Waals surface area contributed by atoms with Gasteiger partial charge in [0, 0.05) is 35.3 Å². The Morgan fingerprint density at radius 3 is 1.76 bits per heavy atom. The Kier molecular flexibility index (Phi) is 7.94. The van der Waals surface area contributed by atoms with Crippen molar-refractivity contribution in [3.05, 3.63) is 60.2 Å². The summed E-state index contributed by atoms with van der Waals surface area (Å²) in [5.41, 5.74) is 14.0. The van der Waals surface area contributed by atoms with Crippen molar-refractivity contribution in [3.8, 4) is 0 Å². The molecule has 0 aliphatic carbocycles. The smallest absolute Gasteiger partial charge is 0.154 e. The summed E-state index contributed by atoms with van der Waals surface area (Å²) >= 11 is 3.36. The van der Waals surface area contributed by atoms with Crippen molar-refractivity contribution in [2.45, 2.75) is 55.7 Å². The van der Waals surface area contributed by atoms with Crippen LogP contribution >= 0.6 is 23.5 Å². The van der Waals surface area contributed by atoms with Crippen molar-refractivity contribution >= 4 is 33.9 Å². The molecule has 0 radical (unpaired) electrons. The van der Waals surface area contributed by atoms with Gasteiger partial charge in [-0.3, -0.25) is 20.0 Å². The van der Waals surface area contributed by atoms with Gasteiger partial charge in [0.1, 0.15) is 0 Å². The van der Waals surface area contributed by atoms with E-state index >= 15 is 0 Å². The fourth-order valence-electron chi connectivity index (χ4n) is 3.34. The molecular weight excluding hydrogens is 400 g/mol. The zero-order chi connectivity index (χ0) is 20.6. The van der Waals surface area contributed by atoms with Crippen molar-refractivity contribution < 1.29 is 0 Å². The topological polar surface area (TPSA) is 103 Å². The van der Waals surface area contributed by atoms with Gasteiger partial charge in [0.2, 0.25) is 0 Å². The van der Waals surface area contributed by atoms with E-state index in [1.165, 1.54) is 11.1 Å². The lowest BCUT2D eigenvalue weighted by atomic mass is 10.0. The Hall–Kier alpha value is -2.06. The van der Waals surface area contributed by atoms with Crippen molar-refractivity contribution in [2.75, 3.05) is 0 Å². The largest absolute Gasteiger partial charge is 0.379 e. The number of thioether (sulfide) groups is 2. The summed E-state index contributed by atoms with van der Waals surface area (Å²) in [5.74, 6) is 0. The summed E-state index contributed by atoms with van der Waals surface area (Å²) in [5, 5.41) is 2.48. The molecule has 29 heavy (non-hydrogen) atoms. The first-order valence-corrected chi connectivity index (χ1v) is 11.6. The van der Waals surface area contributed by atoms with Crippen molar-refractivity contribution in [1.82, 2.24) is 9.97 Å². The van der Waals surface area contributed by atoms with Crippen molar-refractivity contribution in [1.29, 1.82) is 0 Å². The minimum atomic E-state index is 0.322. The Morgan fingerprint density at radius 2 is 1.28 bits per heavy atom. The number of amidine groups is 2. The summed E-state index contributed by atoms with van der Waals surface area (Å²) in [7, 11) is 0. The maximum absolute atomic E-state index is 5.75. The van der Waals surface area contributed by atoms with E-state index in [0.717, 1.165) is 29.6 Å². The number of hydrogen-bond acceptors (Lipinski definition) is 8. The average Bonchev–Trinajstić information content (AvgIpc) is 3.24. The second kappa shape index (κ2) is 10.6. The van der Waals surface area contributed by atoms with Crippen molar-refractivity contribution in [3.63, 3.8) is 0 Å². The van der Waals surface area contributed by atoms with Crippen molar-refractivity contribution in [2.24, 2.45) is 21.5 Å². The first-order valence-electron chi connectivity index (χ1n) is 9.82. The third-order valence-electron chi connectivity index (χ3n) is 4.93. The van der Waals surface area contributed by atoms with Crippen LogP contribution in [0.3, 0.4) is 0 Å². The van der Waals surface area contributed by atoms with E-state index in [2.05, 4.69) is 33.8 Å². The van der Waals surface area contributed by atoms with Gasteiger partial charge in [0.15, 0.2) is 10.3 Å². The molecule has 0 amide bonds. The monoisotopic (exact) mass is 428 g/mol. The second-order valence-corrected chi connectivity index (χ2v) is 9.73.